The Morgan fingerprint density at radius 3 is 2.24 bits per heavy atom. The van der Waals surface area contributed by atoms with E-state index < -0.39 is 11.6 Å². The van der Waals surface area contributed by atoms with Crippen LogP contribution in [0.25, 0.3) is 0 Å². The number of rotatable bonds is 5. The van der Waals surface area contributed by atoms with Gasteiger partial charge in [-0.15, -0.1) is 0 Å². The number of nitrogens with one attached hydrogen (secondary N) is 1. The molecule has 2 saturated carbocycles. The minimum absolute atomic E-state index is 0.258. The van der Waals surface area contributed by atoms with Crippen LogP contribution in [0.5, 0.6) is 0 Å². The highest BCUT2D eigenvalue weighted by atomic mass is 19.1. The molecule has 4 rings (SSSR count). The van der Waals surface area contributed by atoms with Crippen LogP contribution in [-0.4, -0.2) is 12.1 Å². The van der Waals surface area contributed by atoms with Gasteiger partial charge in [0.15, 0.2) is 0 Å². The number of hydrogen-bond acceptors (Lipinski definition) is 1. The van der Waals surface area contributed by atoms with E-state index in [-0.39, 0.29) is 11.2 Å². The molecule has 156 valence electrons. The molecule has 2 aromatic rings. The topological polar surface area (TPSA) is 12.0 Å². The summed E-state index contributed by atoms with van der Waals surface area (Å²) in [6.45, 7) is 2.32. The molecule has 0 saturated heterocycles. The van der Waals surface area contributed by atoms with Gasteiger partial charge in [0.1, 0.15) is 17.5 Å². The van der Waals surface area contributed by atoms with Gasteiger partial charge in [0.25, 0.3) is 0 Å². The van der Waals surface area contributed by atoms with E-state index in [4.69, 9.17) is 0 Å². The molecule has 0 spiro atoms. The summed E-state index contributed by atoms with van der Waals surface area (Å²) in [5.41, 5.74) is 1.32. The van der Waals surface area contributed by atoms with Crippen molar-refractivity contribution >= 4 is 0 Å². The lowest BCUT2D eigenvalue weighted by molar-refractivity contribution is 0.281. The number of halogens is 3. The summed E-state index contributed by atoms with van der Waals surface area (Å²) in [5.74, 6) is -0.499. The van der Waals surface area contributed by atoms with E-state index in [1.165, 1.54) is 43.9 Å². The Kier molecular flexibility index (Phi) is 6.00. The lowest BCUT2D eigenvalue weighted by Crippen LogP contribution is -2.40. The Hall–Kier alpha value is -1.81. The van der Waals surface area contributed by atoms with Crippen molar-refractivity contribution in [1.82, 2.24) is 5.32 Å². The largest absolute Gasteiger partial charge is 0.311 e. The molecule has 29 heavy (non-hydrogen) atoms. The molecule has 0 aliphatic heterocycles. The van der Waals surface area contributed by atoms with Crippen molar-refractivity contribution < 1.29 is 13.2 Å². The van der Waals surface area contributed by atoms with Crippen molar-refractivity contribution in [2.24, 2.45) is 5.92 Å². The molecule has 2 fully saturated rings. The van der Waals surface area contributed by atoms with Gasteiger partial charge in [-0.1, -0.05) is 25.1 Å². The summed E-state index contributed by atoms with van der Waals surface area (Å²) in [4.78, 5) is 0. The zero-order valence-electron chi connectivity index (χ0n) is 17.1. The zero-order chi connectivity index (χ0) is 20.4. The first-order valence-electron chi connectivity index (χ1n) is 10.9. The molecule has 0 amide bonds. The average Bonchev–Trinajstić information content (AvgIpc) is 3.10. The molecule has 2 unspecified atom stereocenters. The molecular weight excluding hydrogens is 371 g/mol. The summed E-state index contributed by atoms with van der Waals surface area (Å²) in [6, 6.07) is 11.4. The second kappa shape index (κ2) is 8.51. The quantitative estimate of drug-likeness (QED) is 0.619. The first-order chi connectivity index (χ1) is 13.9. The molecule has 2 atom stereocenters. The maximum atomic E-state index is 14.4. The Bertz CT molecular complexity index is 826. The van der Waals surface area contributed by atoms with Crippen molar-refractivity contribution in [3.63, 3.8) is 0 Å². The number of benzene rings is 2. The van der Waals surface area contributed by atoms with Crippen LogP contribution in [0.15, 0.2) is 42.5 Å². The van der Waals surface area contributed by atoms with Crippen LogP contribution in [0.1, 0.15) is 63.0 Å². The molecule has 2 aliphatic rings. The smallest absolute Gasteiger partial charge is 0.129 e. The summed E-state index contributed by atoms with van der Waals surface area (Å²) < 4.78 is 41.4. The standard InChI is InChI=1S/C25H30F3N/c1-17-2-10-22(11-3-17)29-23-12-13-25(16-23,19-5-8-20(26)9-6-19)15-18-4-7-21(27)14-24(18)28/h4-9,14,17,22-23,29H,2-3,10-13,15-16H2,1H3. The molecule has 2 aromatic carbocycles. The first kappa shape index (κ1) is 20.5. The van der Waals surface area contributed by atoms with Gasteiger partial charge in [-0.25, -0.2) is 13.2 Å². The molecule has 0 heterocycles. The van der Waals surface area contributed by atoms with Crippen LogP contribution in [-0.2, 0) is 11.8 Å². The Balaban J connectivity index is 1.55. The van der Waals surface area contributed by atoms with E-state index >= 15 is 0 Å². The van der Waals surface area contributed by atoms with Gasteiger partial charge in [0.2, 0.25) is 0 Å². The van der Waals surface area contributed by atoms with E-state index in [0.29, 0.717) is 24.1 Å². The van der Waals surface area contributed by atoms with Crippen molar-refractivity contribution in [3.05, 3.63) is 71.0 Å². The molecule has 0 aromatic heterocycles. The minimum atomic E-state index is -0.556. The lowest BCUT2D eigenvalue weighted by atomic mass is 9.74. The second-order valence-electron chi connectivity index (χ2n) is 9.26. The fourth-order valence-corrected chi connectivity index (χ4v) is 5.39. The minimum Gasteiger partial charge on any atom is -0.311 e. The Morgan fingerprint density at radius 2 is 1.55 bits per heavy atom. The van der Waals surface area contributed by atoms with E-state index in [9.17, 15) is 13.2 Å². The highest BCUT2D eigenvalue weighted by molar-refractivity contribution is 5.32. The van der Waals surface area contributed by atoms with Crippen LogP contribution in [0.2, 0.25) is 0 Å². The van der Waals surface area contributed by atoms with Crippen LogP contribution in [0, 0.1) is 23.4 Å². The summed E-state index contributed by atoms with van der Waals surface area (Å²) in [5, 5.41) is 3.86. The molecule has 1 nitrogen and oxygen atoms in total. The average molecular weight is 402 g/mol. The fourth-order valence-electron chi connectivity index (χ4n) is 5.39. The Morgan fingerprint density at radius 1 is 0.862 bits per heavy atom. The summed E-state index contributed by atoms with van der Waals surface area (Å²) in [7, 11) is 0. The van der Waals surface area contributed by atoms with Gasteiger partial charge >= 0.3 is 0 Å². The first-order valence-corrected chi connectivity index (χ1v) is 10.9. The van der Waals surface area contributed by atoms with Crippen molar-refractivity contribution in [2.75, 3.05) is 0 Å². The van der Waals surface area contributed by atoms with Crippen molar-refractivity contribution in [1.29, 1.82) is 0 Å². The predicted molar refractivity (Wildman–Crippen MR) is 110 cm³/mol. The molecule has 0 bridgehead atoms. The normalized spacial score (nSPS) is 29.9. The third-order valence-corrected chi connectivity index (χ3v) is 7.10. The monoisotopic (exact) mass is 401 g/mol. The highest BCUT2D eigenvalue weighted by Crippen LogP contribution is 2.44. The summed E-state index contributed by atoms with van der Waals surface area (Å²) >= 11 is 0. The maximum Gasteiger partial charge on any atom is 0.129 e. The van der Waals surface area contributed by atoms with Gasteiger partial charge in [-0.2, -0.15) is 0 Å². The highest BCUT2D eigenvalue weighted by Gasteiger charge is 2.41. The molecule has 1 N–H and O–H groups in total. The van der Waals surface area contributed by atoms with Crippen LogP contribution in [0.3, 0.4) is 0 Å². The van der Waals surface area contributed by atoms with E-state index in [0.717, 1.165) is 36.8 Å². The van der Waals surface area contributed by atoms with Crippen molar-refractivity contribution in [3.8, 4) is 0 Å². The molecular formula is C25H30F3N. The van der Waals surface area contributed by atoms with E-state index in [1.807, 2.05) is 12.1 Å². The van der Waals surface area contributed by atoms with Gasteiger partial charge in [0, 0.05) is 23.6 Å². The zero-order valence-corrected chi connectivity index (χ0v) is 17.1. The molecule has 4 heteroatoms. The van der Waals surface area contributed by atoms with E-state index in [2.05, 4.69) is 12.2 Å². The van der Waals surface area contributed by atoms with Gasteiger partial charge in [-0.3, -0.25) is 0 Å². The SMILES string of the molecule is CC1CCC(NC2CCC(Cc3ccc(F)cc3F)(c3ccc(F)cc3)C2)CC1. The summed E-state index contributed by atoms with van der Waals surface area (Å²) in [6.07, 6.45) is 8.30. The van der Waals surface area contributed by atoms with Crippen LogP contribution >= 0.6 is 0 Å². The third-order valence-electron chi connectivity index (χ3n) is 7.10. The van der Waals surface area contributed by atoms with E-state index in [1.54, 1.807) is 6.07 Å². The molecule has 0 radical (unpaired) electrons. The third kappa shape index (κ3) is 4.69. The van der Waals surface area contributed by atoms with Crippen molar-refractivity contribution in [2.45, 2.75) is 75.8 Å². The molecule has 2 aliphatic carbocycles. The maximum absolute atomic E-state index is 14.4. The van der Waals surface area contributed by atoms with Gasteiger partial charge in [0.05, 0.1) is 0 Å². The second-order valence-corrected chi connectivity index (χ2v) is 9.26. The fraction of sp³-hybridized carbons (Fsp3) is 0.520. The Labute approximate surface area is 171 Å². The van der Waals surface area contributed by atoms with Crippen LogP contribution < -0.4 is 5.32 Å². The van der Waals surface area contributed by atoms with Gasteiger partial charge in [-0.05, 0) is 86.6 Å². The van der Waals surface area contributed by atoms with Crippen LogP contribution in [0.4, 0.5) is 13.2 Å². The number of hydrogen-bond donors (Lipinski definition) is 1. The lowest BCUT2D eigenvalue weighted by Gasteiger charge is -2.33. The van der Waals surface area contributed by atoms with Gasteiger partial charge < -0.3 is 5.32 Å². The predicted octanol–water partition coefficient (Wildman–Crippen LogP) is 6.31.